The Kier molecular flexibility index (Phi) is 1.92. The highest BCUT2D eigenvalue weighted by atomic mass is 127. The largest absolute Gasteiger partial charge is 0.292 e. The summed E-state index contributed by atoms with van der Waals surface area (Å²) in [6, 6.07) is 0. The van der Waals surface area contributed by atoms with Crippen molar-refractivity contribution in [1.82, 2.24) is 4.90 Å². The van der Waals surface area contributed by atoms with Gasteiger partial charge in [0.25, 0.3) is 0 Å². The molecule has 0 aliphatic carbocycles. The Labute approximate surface area is 58.2 Å². The van der Waals surface area contributed by atoms with Crippen molar-refractivity contribution >= 4 is 22.6 Å². The summed E-state index contributed by atoms with van der Waals surface area (Å²) in [5, 5.41) is 0. The fraction of sp³-hybridized carbons (Fsp3) is 1.00. The molecule has 1 heterocycles. The Hall–Kier alpha value is 0.690. The maximum absolute atomic E-state index is 2.48. The molecule has 1 rings (SSSR count). The quantitative estimate of drug-likeness (QED) is 0.360. The Bertz CT molecular complexity index is 63.1. The molecule has 2 heteroatoms. The van der Waals surface area contributed by atoms with E-state index in [1.807, 2.05) is 0 Å². The van der Waals surface area contributed by atoms with Crippen LogP contribution in [0.25, 0.3) is 0 Å². The first-order valence-corrected chi connectivity index (χ1v) is 3.97. The van der Waals surface area contributed by atoms with Gasteiger partial charge in [0.1, 0.15) is 0 Å². The number of likely N-dealkylation sites (tertiary alicyclic amines) is 1. The number of rotatable bonds is 1. The lowest BCUT2D eigenvalue weighted by Gasteiger charge is -2.35. The Morgan fingerprint density at radius 1 is 1.86 bits per heavy atom. The molecule has 1 fully saturated rings. The van der Waals surface area contributed by atoms with Gasteiger partial charge in [-0.1, -0.05) is 29.5 Å². The molecular formula is C5H10IN. The van der Waals surface area contributed by atoms with E-state index in [9.17, 15) is 0 Å². The molecule has 1 aliphatic rings. The first kappa shape index (κ1) is 5.82. The second-order valence-electron chi connectivity index (χ2n) is 1.85. The maximum Gasteiger partial charge on any atom is 0.0630 e. The van der Waals surface area contributed by atoms with E-state index in [0.717, 1.165) is 4.05 Å². The monoisotopic (exact) mass is 211 g/mol. The van der Waals surface area contributed by atoms with Crippen LogP contribution in [0, 0.1) is 0 Å². The van der Waals surface area contributed by atoms with E-state index < -0.39 is 0 Å². The number of alkyl halides is 1. The van der Waals surface area contributed by atoms with Crippen molar-refractivity contribution in [3.05, 3.63) is 0 Å². The summed E-state index contributed by atoms with van der Waals surface area (Å²) in [6.45, 7) is 4.77. The molecule has 0 N–H and O–H groups in total. The molecule has 0 bridgehead atoms. The van der Waals surface area contributed by atoms with Crippen molar-refractivity contribution in [1.29, 1.82) is 0 Å². The summed E-state index contributed by atoms with van der Waals surface area (Å²) in [5.74, 6) is 0. The van der Waals surface area contributed by atoms with Crippen LogP contribution in [-0.4, -0.2) is 22.0 Å². The molecule has 0 saturated carbocycles. The Balaban J connectivity index is 2.16. The van der Waals surface area contributed by atoms with Crippen molar-refractivity contribution in [3.63, 3.8) is 0 Å². The summed E-state index contributed by atoms with van der Waals surface area (Å²) in [6.07, 6.45) is 1.40. The molecule has 0 aromatic heterocycles. The molecule has 0 aromatic carbocycles. The van der Waals surface area contributed by atoms with Crippen molar-refractivity contribution in [2.24, 2.45) is 0 Å². The van der Waals surface area contributed by atoms with Gasteiger partial charge in [-0.3, -0.25) is 4.90 Å². The van der Waals surface area contributed by atoms with E-state index >= 15 is 0 Å². The van der Waals surface area contributed by atoms with E-state index in [1.165, 1.54) is 19.5 Å². The lowest BCUT2D eigenvalue weighted by Crippen LogP contribution is -2.42. The zero-order chi connectivity index (χ0) is 5.28. The highest BCUT2D eigenvalue weighted by molar-refractivity contribution is 14.1. The van der Waals surface area contributed by atoms with Gasteiger partial charge >= 0.3 is 0 Å². The molecule has 1 saturated heterocycles. The summed E-state index contributed by atoms with van der Waals surface area (Å²) in [5.41, 5.74) is 0. The van der Waals surface area contributed by atoms with Gasteiger partial charge in [0, 0.05) is 6.54 Å². The summed E-state index contributed by atoms with van der Waals surface area (Å²) < 4.78 is 0.850. The fourth-order valence-electron chi connectivity index (χ4n) is 0.765. The van der Waals surface area contributed by atoms with Gasteiger partial charge in [-0.2, -0.15) is 0 Å². The van der Waals surface area contributed by atoms with Crippen LogP contribution in [0.1, 0.15) is 13.3 Å². The second-order valence-corrected chi connectivity index (χ2v) is 3.29. The SMILES string of the molecule is CCN1CCC1I. The first-order chi connectivity index (χ1) is 3.34. The number of hydrogen-bond donors (Lipinski definition) is 0. The van der Waals surface area contributed by atoms with Crippen LogP contribution in [0.15, 0.2) is 0 Å². The molecule has 0 amide bonds. The number of halogens is 1. The summed E-state index contributed by atoms with van der Waals surface area (Å²) >= 11 is 2.48. The molecule has 1 nitrogen and oxygen atoms in total. The van der Waals surface area contributed by atoms with Crippen molar-refractivity contribution in [2.45, 2.75) is 17.4 Å². The molecule has 0 aromatic rings. The van der Waals surface area contributed by atoms with Gasteiger partial charge in [0.15, 0.2) is 0 Å². The van der Waals surface area contributed by atoms with E-state index in [2.05, 4.69) is 34.4 Å². The average Bonchev–Trinajstić information content (AvgIpc) is 1.65. The molecule has 1 atom stereocenters. The van der Waals surface area contributed by atoms with Crippen LogP contribution in [0.4, 0.5) is 0 Å². The van der Waals surface area contributed by atoms with Crippen LogP contribution in [0.3, 0.4) is 0 Å². The van der Waals surface area contributed by atoms with Gasteiger partial charge in [0.05, 0.1) is 4.05 Å². The molecule has 1 unspecified atom stereocenters. The molecule has 0 spiro atoms. The predicted molar refractivity (Wildman–Crippen MR) is 39.7 cm³/mol. The Morgan fingerprint density at radius 2 is 2.57 bits per heavy atom. The van der Waals surface area contributed by atoms with Crippen LogP contribution >= 0.6 is 22.6 Å². The lowest BCUT2D eigenvalue weighted by molar-refractivity contribution is 0.177. The zero-order valence-corrected chi connectivity index (χ0v) is 6.68. The number of nitrogens with zero attached hydrogens (tertiary/aromatic N) is 1. The molecular weight excluding hydrogens is 201 g/mol. The van der Waals surface area contributed by atoms with Crippen LogP contribution in [0.2, 0.25) is 0 Å². The first-order valence-electron chi connectivity index (χ1n) is 2.72. The molecule has 7 heavy (non-hydrogen) atoms. The van der Waals surface area contributed by atoms with Crippen LogP contribution in [0.5, 0.6) is 0 Å². The predicted octanol–water partition coefficient (Wildman–Crippen LogP) is 1.47. The van der Waals surface area contributed by atoms with E-state index in [-0.39, 0.29) is 0 Å². The fourth-order valence-corrected chi connectivity index (χ4v) is 1.72. The lowest BCUT2D eigenvalue weighted by atomic mass is 10.2. The topological polar surface area (TPSA) is 3.24 Å². The smallest absolute Gasteiger partial charge is 0.0630 e. The third-order valence-corrected chi connectivity index (χ3v) is 2.87. The average molecular weight is 211 g/mol. The van der Waals surface area contributed by atoms with Crippen molar-refractivity contribution in [2.75, 3.05) is 13.1 Å². The minimum atomic E-state index is 0.850. The summed E-state index contributed by atoms with van der Waals surface area (Å²) in [4.78, 5) is 2.46. The van der Waals surface area contributed by atoms with Crippen LogP contribution < -0.4 is 0 Å². The minimum Gasteiger partial charge on any atom is -0.292 e. The van der Waals surface area contributed by atoms with Gasteiger partial charge < -0.3 is 0 Å². The van der Waals surface area contributed by atoms with Crippen molar-refractivity contribution < 1.29 is 0 Å². The highest BCUT2D eigenvalue weighted by Gasteiger charge is 2.22. The molecule has 42 valence electrons. The maximum atomic E-state index is 2.48. The van der Waals surface area contributed by atoms with Crippen molar-refractivity contribution in [3.8, 4) is 0 Å². The van der Waals surface area contributed by atoms with E-state index in [1.54, 1.807) is 0 Å². The van der Waals surface area contributed by atoms with E-state index in [0.29, 0.717) is 0 Å². The normalized spacial score (nSPS) is 32.6. The third kappa shape index (κ3) is 1.08. The second kappa shape index (κ2) is 2.31. The van der Waals surface area contributed by atoms with Gasteiger partial charge in [0.2, 0.25) is 0 Å². The van der Waals surface area contributed by atoms with Gasteiger partial charge in [-0.15, -0.1) is 0 Å². The highest BCUT2D eigenvalue weighted by Crippen LogP contribution is 2.21. The zero-order valence-electron chi connectivity index (χ0n) is 4.52. The standard InChI is InChI=1S/C5H10IN/c1-2-7-4-3-5(7)6/h5H,2-4H2,1H3. The Morgan fingerprint density at radius 3 is 2.57 bits per heavy atom. The molecule has 1 aliphatic heterocycles. The summed E-state index contributed by atoms with van der Waals surface area (Å²) in [7, 11) is 0. The molecule has 0 radical (unpaired) electrons. The number of hydrogen-bond acceptors (Lipinski definition) is 1. The van der Waals surface area contributed by atoms with Gasteiger partial charge in [-0.25, -0.2) is 0 Å². The van der Waals surface area contributed by atoms with E-state index in [4.69, 9.17) is 0 Å². The van der Waals surface area contributed by atoms with Crippen LogP contribution in [-0.2, 0) is 0 Å². The minimum absolute atomic E-state index is 0.850. The third-order valence-electron chi connectivity index (χ3n) is 1.46. The van der Waals surface area contributed by atoms with Gasteiger partial charge in [-0.05, 0) is 13.0 Å².